The van der Waals surface area contributed by atoms with Gasteiger partial charge in [-0.2, -0.15) is 0 Å². The van der Waals surface area contributed by atoms with Crippen LogP contribution in [0.5, 0.6) is 5.75 Å². The van der Waals surface area contributed by atoms with Crippen molar-refractivity contribution in [1.29, 1.82) is 0 Å². The number of benzene rings is 2. The lowest BCUT2D eigenvalue weighted by Crippen LogP contribution is -2.20. The maximum Gasteiger partial charge on any atom is 0.173 e. The van der Waals surface area contributed by atoms with E-state index < -0.39 is 11.6 Å². The first kappa shape index (κ1) is 19.6. The molecule has 4 heteroatoms. The summed E-state index contributed by atoms with van der Waals surface area (Å²) in [6, 6.07) is 10.9. The molecule has 0 heterocycles. The molecule has 0 atom stereocenters. The molecular formula is C23H27FO3. The summed E-state index contributed by atoms with van der Waals surface area (Å²) in [5, 5.41) is 10.1. The van der Waals surface area contributed by atoms with Gasteiger partial charge in [0.2, 0.25) is 0 Å². The first-order chi connectivity index (χ1) is 13.0. The molecule has 0 aromatic heterocycles. The van der Waals surface area contributed by atoms with Gasteiger partial charge >= 0.3 is 0 Å². The van der Waals surface area contributed by atoms with Crippen LogP contribution < -0.4 is 0 Å². The predicted octanol–water partition coefficient (Wildman–Crippen LogP) is 5.85. The molecule has 144 valence electrons. The lowest BCUT2D eigenvalue weighted by atomic mass is 9.82. The maximum atomic E-state index is 14.6. The number of carbonyl (C=O) groups is 1. The van der Waals surface area contributed by atoms with Crippen LogP contribution in [0.25, 0.3) is 11.1 Å². The van der Waals surface area contributed by atoms with Crippen molar-refractivity contribution < 1.29 is 19.0 Å². The summed E-state index contributed by atoms with van der Waals surface area (Å²) in [7, 11) is 0. The van der Waals surface area contributed by atoms with Crippen molar-refractivity contribution in [2.45, 2.75) is 58.0 Å². The Morgan fingerprint density at radius 3 is 2.33 bits per heavy atom. The van der Waals surface area contributed by atoms with E-state index in [2.05, 4.69) is 0 Å². The molecule has 0 radical (unpaired) electrons. The van der Waals surface area contributed by atoms with Crippen molar-refractivity contribution in [3.63, 3.8) is 0 Å². The van der Waals surface area contributed by atoms with Crippen LogP contribution in [0.15, 0.2) is 36.4 Å². The first-order valence-electron chi connectivity index (χ1n) is 9.81. The normalized spacial score (nSPS) is 19.8. The van der Waals surface area contributed by atoms with E-state index in [1.165, 1.54) is 11.6 Å². The summed E-state index contributed by atoms with van der Waals surface area (Å²) in [5.74, 6) is -1.05. The average Bonchev–Trinajstić information content (AvgIpc) is 2.70. The highest BCUT2D eigenvalue weighted by atomic mass is 19.1. The Bertz CT molecular complexity index is 790. The second kappa shape index (κ2) is 8.66. The van der Waals surface area contributed by atoms with Gasteiger partial charge < -0.3 is 9.84 Å². The van der Waals surface area contributed by atoms with Gasteiger partial charge in [-0.25, -0.2) is 4.39 Å². The zero-order chi connectivity index (χ0) is 19.4. The lowest BCUT2D eigenvalue weighted by Gasteiger charge is -2.28. The quantitative estimate of drug-likeness (QED) is 0.649. The highest BCUT2D eigenvalue weighted by Gasteiger charge is 2.23. The van der Waals surface area contributed by atoms with Gasteiger partial charge in [0.15, 0.2) is 17.3 Å². The van der Waals surface area contributed by atoms with Crippen LogP contribution >= 0.6 is 0 Å². The number of carbonyl (C=O) groups excluding carboxylic acids is 1. The van der Waals surface area contributed by atoms with Gasteiger partial charge in [0.05, 0.1) is 11.7 Å². The molecule has 27 heavy (non-hydrogen) atoms. The summed E-state index contributed by atoms with van der Waals surface area (Å²) in [5.41, 5.74) is 2.31. The Hall–Kier alpha value is -2.20. The van der Waals surface area contributed by atoms with Crippen molar-refractivity contribution in [1.82, 2.24) is 0 Å². The molecule has 0 aliphatic heterocycles. The zero-order valence-electron chi connectivity index (χ0n) is 16.0. The van der Waals surface area contributed by atoms with Gasteiger partial charge in [-0.05, 0) is 55.7 Å². The zero-order valence-corrected chi connectivity index (χ0v) is 16.0. The van der Waals surface area contributed by atoms with Crippen LogP contribution in [0.4, 0.5) is 4.39 Å². The highest BCUT2D eigenvalue weighted by Crippen LogP contribution is 2.36. The minimum Gasteiger partial charge on any atom is -0.504 e. The molecule has 0 unspecified atom stereocenters. The molecular weight excluding hydrogens is 343 g/mol. The molecule has 1 fully saturated rings. The van der Waals surface area contributed by atoms with Crippen LogP contribution in [0.1, 0.15) is 67.8 Å². The number of halogens is 1. The van der Waals surface area contributed by atoms with Crippen LogP contribution in [0.2, 0.25) is 0 Å². The van der Waals surface area contributed by atoms with Crippen LogP contribution in [-0.4, -0.2) is 23.6 Å². The second-order valence-electron chi connectivity index (χ2n) is 7.15. The molecule has 1 aliphatic carbocycles. The Labute approximate surface area is 160 Å². The van der Waals surface area contributed by atoms with E-state index in [1.807, 2.05) is 31.2 Å². The monoisotopic (exact) mass is 370 g/mol. The SMILES string of the molecule is CCOC1CCC(c2ccc(-c3ccc(C(=O)CC)c(O)c3F)cc2)CC1. The minimum absolute atomic E-state index is 0.0430. The molecule has 3 rings (SSSR count). The minimum atomic E-state index is -0.737. The number of rotatable bonds is 6. The Kier molecular flexibility index (Phi) is 6.27. The van der Waals surface area contributed by atoms with E-state index in [1.54, 1.807) is 13.0 Å². The molecule has 2 aromatic rings. The number of hydrogen-bond acceptors (Lipinski definition) is 3. The molecule has 1 N–H and O–H groups in total. The Balaban J connectivity index is 1.76. The van der Waals surface area contributed by atoms with Gasteiger partial charge in [0, 0.05) is 18.6 Å². The Morgan fingerprint density at radius 1 is 1.07 bits per heavy atom. The fourth-order valence-electron chi connectivity index (χ4n) is 3.94. The van der Waals surface area contributed by atoms with Crippen molar-refractivity contribution >= 4 is 5.78 Å². The molecule has 1 aliphatic rings. The molecule has 0 bridgehead atoms. The number of hydrogen-bond donors (Lipinski definition) is 1. The lowest BCUT2D eigenvalue weighted by molar-refractivity contribution is 0.0328. The number of ether oxygens (including phenoxy) is 1. The number of aromatic hydroxyl groups is 1. The van der Waals surface area contributed by atoms with E-state index in [4.69, 9.17) is 4.74 Å². The van der Waals surface area contributed by atoms with E-state index >= 15 is 0 Å². The van der Waals surface area contributed by atoms with Crippen LogP contribution in [0.3, 0.4) is 0 Å². The maximum absolute atomic E-state index is 14.6. The van der Waals surface area contributed by atoms with E-state index in [0.717, 1.165) is 32.3 Å². The summed E-state index contributed by atoms with van der Waals surface area (Å²) in [6.45, 7) is 4.49. The van der Waals surface area contributed by atoms with Crippen LogP contribution in [0, 0.1) is 5.82 Å². The van der Waals surface area contributed by atoms with Crippen molar-refractivity contribution in [2.24, 2.45) is 0 Å². The summed E-state index contributed by atoms with van der Waals surface area (Å²) in [4.78, 5) is 11.8. The average molecular weight is 370 g/mol. The molecule has 3 nitrogen and oxygen atoms in total. The van der Waals surface area contributed by atoms with Gasteiger partial charge in [-0.15, -0.1) is 0 Å². The van der Waals surface area contributed by atoms with Gasteiger partial charge in [0.25, 0.3) is 0 Å². The van der Waals surface area contributed by atoms with Crippen molar-refractivity contribution in [3.8, 4) is 16.9 Å². The molecule has 0 saturated heterocycles. The molecule has 1 saturated carbocycles. The molecule has 0 amide bonds. The fraction of sp³-hybridized carbons (Fsp3) is 0.435. The van der Waals surface area contributed by atoms with Gasteiger partial charge in [-0.3, -0.25) is 4.79 Å². The van der Waals surface area contributed by atoms with E-state index in [9.17, 15) is 14.3 Å². The van der Waals surface area contributed by atoms with Gasteiger partial charge in [0.1, 0.15) is 0 Å². The largest absolute Gasteiger partial charge is 0.504 e. The predicted molar refractivity (Wildman–Crippen MR) is 105 cm³/mol. The summed E-state index contributed by atoms with van der Waals surface area (Å²) < 4.78 is 20.3. The fourth-order valence-corrected chi connectivity index (χ4v) is 3.94. The molecule has 0 spiro atoms. The number of phenolic OH excluding ortho intramolecular Hbond substituents is 1. The smallest absolute Gasteiger partial charge is 0.173 e. The first-order valence-corrected chi connectivity index (χ1v) is 9.81. The summed E-state index contributed by atoms with van der Waals surface area (Å²) in [6.07, 6.45) is 4.98. The molecule has 2 aromatic carbocycles. The van der Waals surface area contributed by atoms with Gasteiger partial charge in [-0.1, -0.05) is 37.3 Å². The second-order valence-corrected chi connectivity index (χ2v) is 7.15. The standard InChI is InChI=1S/C23H27FO3/c1-3-21(25)20-14-13-19(22(24)23(20)26)17-7-5-15(6-8-17)16-9-11-18(12-10-16)27-4-2/h5-8,13-14,16,18,26H,3-4,9-12H2,1-2H3. The Morgan fingerprint density at radius 2 is 1.74 bits per heavy atom. The van der Waals surface area contributed by atoms with Crippen molar-refractivity contribution in [2.75, 3.05) is 6.61 Å². The third kappa shape index (κ3) is 4.22. The summed E-state index contributed by atoms with van der Waals surface area (Å²) >= 11 is 0. The third-order valence-electron chi connectivity index (χ3n) is 5.51. The third-order valence-corrected chi connectivity index (χ3v) is 5.51. The highest BCUT2D eigenvalue weighted by molar-refractivity contribution is 5.99. The number of Topliss-reactive ketones (excluding diaryl/α,β-unsaturated/α-hetero) is 1. The number of ketones is 1. The van der Waals surface area contributed by atoms with E-state index in [-0.39, 0.29) is 17.8 Å². The van der Waals surface area contributed by atoms with Crippen molar-refractivity contribution in [3.05, 3.63) is 53.3 Å². The van der Waals surface area contributed by atoms with Crippen LogP contribution in [-0.2, 0) is 4.74 Å². The topological polar surface area (TPSA) is 46.5 Å². The number of phenols is 1. The van der Waals surface area contributed by atoms with E-state index in [0.29, 0.717) is 23.1 Å².